The van der Waals surface area contributed by atoms with Crippen LogP contribution in [0.2, 0.25) is 5.02 Å². The molecule has 0 bridgehead atoms. The Kier molecular flexibility index (Phi) is 13.7. The lowest BCUT2D eigenvalue weighted by atomic mass is 9.99. The van der Waals surface area contributed by atoms with Gasteiger partial charge in [0.1, 0.15) is 34.8 Å². The molecular formula is C53H57ClN12O4S2. The Morgan fingerprint density at radius 3 is 2.33 bits per heavy atom. The van der Waals surface area contributed by atoms with Crippen molar-refractivity contribution in [1.82, 2.24) is 49.6 Å². The number of carbonyl (C=O) groups excluding carboxylic acids is 3. The predicted octanol–water partition coefficient (Wildman–Crippen LogP) is 8.27. The summed E-state index contributed by atoms with van der Waals surface area (Å²) in [6, 6.07) is 17.2. The Bertz CT molecular complexity index is 3190. The second-order valence-electron chi connectivity index (χ2n) is 19.3. The lowest BCUT2D eigenvalue weighted by Gasteiger charge is -2.36. The predicted molar refractivity (Wildman–Crippen MR) is 281 cm³/mol. The summed E-state index contributed by atoms with van der Waals surface area (Å²) in [5.74, 6) is 1.38. The topological polar surface area (TPSA) is 180 Å². The SMILES string of the molecule is Cc1ncsc1-c1ccc([C@H](C)NC(=O)[C@@H]2C[C@@H](O)CN2C(=O)C(C(C)C)n2cc(-c3ccnc(N4CCN(C(=O)C[C@@H]5N=C(c6ccc(Cl)cc6)c6c(sc(C)c6C)-n6c(C)nnc65)CC4)c3)cn2)cc1. The number of piperazine rings is 1. The minimum absolute atomic E-state index is 0.0123. The van der Waals surface area contributed by atoms with Crippen LogP contribution in [0.25, 0.3) is 26.6 Å². The van der Waals surface area contributed by atoms with Crippen molar-refractivity contribution in [3.63, 3.8) is 0 Å². The number of likely N-dealkylation sites (tertiary alicyclic amines) is 1. The number of nitrogens with zero attached hydrogens (tertiary/aromatic N) is 11. The number of benzene rings is 2. The van der Waals surface area contributed by atoms with Crippen molar-refractivity contribution in [3.8, 4) is 26.6 Å². The van der Waals surface area contributed by atoms with Gasteiger partial charge in [-0.25, -0.2) is 9.97 Å². The third-order valence-electron chi connectivity index (χ3n) is 14.2. The number of aromatic nitrogens is 7. The normalized spacial score (nSPS) is 18.7. The van der Waals surface area contributed by atoms with Gasteiger partial charge in [0.05, 0.1) is 46.6 Å². The average molecular weight is 1030 g/mol. The number of aryl methyl sites for hydroxylation is 3. The fourth-order valence-electron chi connectivity index (χ4n) is 10.1. The van der Waals surface area contributed by atoms with Crippen LogP contribution in [0.3, 0.4) is 0 Å². The van der Waals surface area contributed by atoms with E-state index in [0.717, 1.165) is 71.9 Å². The van der Waals surface area contributed by atoms with Crippen LogP contribution in [-0.2, 0) is 14.4 Å². The Balaban J connectivity index is 0.798. The maximum absolute atomic E-state index is 14.5. The monoisotopic (exact) mass is 1020 g/mol. The van der Waals surface area contributed by atoms with E-state index in [4.69, 9.17) is 26.7 Å². The summed E-state index contributed by atoms with van der Waals surface area (Å²) in [6.07, 6.45) is 4.81. The molecule has 2 aromatic carbocycles. The maximum Gasteiger partial charge on any atom is 0.248 e. The summed E-state index contributed by atoms with van der Waals surface area (Å²) < 4.78 is 3.74. The van der Waals surface area contributed by atoms with Crippen molar-refractivity contribution in [2.24, 2.45) is 10.9 Å². The fourth-order valence-corrected chi connectivity index (χ4v) is 12.2. The number of β-amino-alcohol motifs (C(OH)–C–C–N with tert-alkyl or cyclic N) is 1. The second-order valence-corrected chi connectivity index (χ2v) is 21.8. The van der Waals surface area contributed by atoms with Gasteiger partial charge in [-0.1, -0.05) is 61.8 Å². The molecule has 5 aromatic heterocycles. The summed E-state index contributed by atoms with van der Waals surface area (Å²) in [5.41, 5.74) is 10.4. The molecular weight excluding hydrogens is 968 g/mol. The van der Waals surface area contributed by atoms with E-state index in [9.17, 15) is 19.5 Å². The molecule has 0 spiro atoms. The van der Waals surface area contributed by atoms with Crippen LogP contribution < -0.4 is 10.2 Å². The number of aliphatic hydroxyl groups is 1. The molecule has 2 N–H and O–H groups in total. The van der Waals surface area contributed by atoms with Gasteiger partial charge in [-0.2, -0.15) is 5.10 Å². The van der Waals surface area contributed by atoms with E-state index in [0.29, 0.717) is 37.0 Å². The molecule has 10 rings (SSSR count). The summed E-state index contributed by atoms with van der Waals surface area (Å²) in [7, 11) is 0. The molecule has 7 aromatic rings. The average Bonchev–Trinajstić information content (AvgIpc) is 4.22. The largest absolute Gasteiger partial charge is 0.391 e. The van der Waals surface area contributed by atoms with Crippen molar-refractivity contribution in [1.29, 1.82) is 0 Å². The Morgan fingerprint density at radius 2 is 1.62 bits per heavy atom. The number of pyridine rings is 1. The van der Waals surface area contributed by atoms with Crippen LogP contribution in [0.1, 0.15) is 96.2 Å². The molecule has 0 aliphatic carbocycles. The van der Waals surface area contributed by atoms with Crippen molar-refractivity contribution in [2.45, 2.75) is 91.6 Å². The summed E-state index contributed by atoms with van der Waals surface area (Å²) >= 11 is 9.58. The van der Waals surface area contributed by atoms with E-state index < -0.39 is 24.2 Å². The van der Waals surface area contributed by atoms with E-state index in [1.54, 1.807) is 39.7 Å². The highest BCUT2D eigenvalue weighted by molar-refractivity contribution is 7.15. The van der Waals surface area contributed by atoms with Gasteiger partial charge in [-0.3, -0.25) is 28.6 Å². The van der Waals surface area contributed by atoms with Gasteiger partial charge < -0.3 is 25.1 Å². The number of hydrogen-bond acceptors (Lipinski definition) is 13. The van der Waals surface area contributed by atoms with Gasteiger partial charge in [0.15, 0.2) is 5.82 Å². The number of nitrogens with one attached hydrogen (secondary N) is 1. The van der Waals surface area contributed by atoms with Crippen LogP contribution in [0.15, 0.2) is 89.8 Å². The Labute approximate surface area is 431 Å². The van der Waals surface area contributed by atoms with Gasteiger partial charge in [-0.15, -0.1) is 32.9 Å². The number of aliphatic imine (C=N–C) groups is 1. The minimum Gasteiger partial charge on any atom is -0.391 e. The number of amides is 3. The lowest BCUT2D eigenvalue weighted by Crippen LogP contribution is -2.49. The number of hydrogen-bond donors (Lipinski definition) is 2. The standard InChI is InChI=1S/C53H57ClN12O4S2/c1-29(2)48(52(70)64-27-41(67)23-43(64)51(69)58-31(4)35-8-10-37(11-9-35)49-32(5)56-28-71-49)65-26-39(25-57-65)38-16-17-55-44(22-38)62-18-20-63(21-19-62)45(68)24-42-50-61-60-34(7)66(50)53-46(30(3)33(6)72-53)47(59-42)36-12-14-40(54)15-13-36/h8-17,22,25-26,28-29,31,41-43,48,67H,18-21,23-24,27H2,1-7H3,(H,58,69)/t31-,41+,42-,43-,48?/m0/s1. The molecule has 8 heterocycles. The molecule has 3 aliphatic rings. The van der Waals surface area contributed by atoms with E-state index in [2.05, 4.69) is 43.8 Å². The van der Waals surface area contributed by atoms with Crippen LogP contribution in [0.5, 0.6) is 0 Å². The highest BCUT2D eigenvalue weighted by Gasteiger charge is 2.43. The zero-order valence-corrected chi connectivity index (χ0v) is 43.7. The van der Waals surface area contributed by atoms with Crippen molar-refractivity contribution in [2.75, 3.05) is 37.6 Å². The smallest absolute Gasteiger partial charge is 0.248 e. The summed E-state index contributed by atoms with van der Waals surface area (Å²) in [5, 5.41) is 29.3. The van der Waals surface area contributed by atoms with Crippen molar-refractivity contribution >= 4 is 63.5 Å². The number of halogens is 1. The van der Waals surface area contributed by atoms with E-state index in [-0.39, 0.29) is 49.1 Å². The number of aliphatic hydroxyl groups excluding tert-OH is 1. The first-order chi connectivity index (χ1) is 34.6. The molecule has 3 aliphatic heterocycles. The molecule has 0 saturated carbocycles. The van der Waals surface area contributed by atoms with Gasteiger partial charge in [-0.05, 0) is 87.1 Å². The van der Waals surface area contributed by atoms with Crippen LogP contribution in [0.4, 0.5) is 5.82 Å². The third kappa shape index (κ3) is 9.48. The van der Waals surface area contributed by atoms with Gasteiger partial charge >= 0.3 is 0 Å². The molecule has 16 nitrogen and oxygen atoms in total. The van der Waals surface area contributed by atoms with Gasteiger partial charge in [0, 0.05) is 78.1 Å². The molecule has 5 atom stereocenters. The van der Waals surface area contributed by atoms with Crippen LogP contribution in [0, 0.1) is 33.6 Å². The molecule has 0 radical (unpaired) electrons. The molecule has 72 heavy (non-hydrogen) atoms. The van der Waals surface area contributed by atoms with E-state index in [1.807, 2.05) is 112 Å². The number of thiazole rings is 1. The molecule has 372 valence electrons. The second kappa shape index (κ2) is 20.1. The van der Waals surface area contributed by atoms with E-state index in [1.165, 1.54) is 9.78 Å². The zero-order valence-electron chi connectivity index (χ0n) is 41.3. The number of fused-ring (bicyclic) bond motifs is 3. The van der Waals surface area contributed by atoms with E-state index >= 15 is 0 Å². The minimum atomic E-state index is -0.837. The first kappa shape index (κ1) is 49.0. The first-order valence-electron chi connectivity index (χ1n) is 24.3. The quantitative estimate of drug-likeness (QED) is 0.121. The van der Waals surface area contributed by atoms with Crippen molar-refractivity contribution in [3.05, 3.63) is 134 Å². The van der Waals surface area contributed by atoms with Crippen LogP contribution >= 0.6 is 34.3 Å². The fraction of sp³-hybridized carbons (Fsp3) is 0.377. The number of carbonyl (C=O) groups is 3. The highest BCUT2D eigenvalue weighted by atomic mass is 35.5. The Morgan fingerprint density at radius 1 is 0.889 bits per heavy atom. The van der Waals surface area contributed by atoms with Crippen molar-refractivity contribution < 1.29 is 19.5 Å². The molecule has 2 saturated heterocycles. The molecule has 1 unspecified atom stereocenters. The van der Waals surface area contributed by atoms with Gasteiger partial charge in [0.2, 0.25) is 17.7 Å². The zero-order chi connectivity index (χ0) is 50.5. The molecule has 3 amide bonds. The lowest BCUT2D eigenvalue weighted by molar-refractivity contribution is -0.142. The highest BCUT2D eigenvalue weighted by Crippen LogP contribution is 2.40. The molecule has 19 heteroatoms. The summed E-state index contributed by atoms with van der Waals surface area (Å²) in [6.45, 7) is 16.2. The maximum atomic E-state index is 14.5. The van der Waals surface area contributed by atoms with Gasteiger partial charge in [0.25, 0.3) is 0 Å². The summed E-state index contributed by atoms with van der Waals surface area (Å²) in [4.78, 5) is 64.9. The van der Waals surface area contributed by atoms with Crippen LogP contribution in [-0.4, -0.2) is 118 Å². The number of rotatable bonds is 12. The third-order valence-corrected chi connectivity index (χ3v) is 16.6. The first-order valence-corrected chi connectivity index (χ1v) is 26.4. The number of thiophene rings is 1. The number of anilines is 1. The molecule has 2 fully saturated rings. The Hall–Kier alpha value is -6.60.